The Balaban J connectivity index is 3.51. The molecule has 1 aromatic rings. The van der Waals surface area contributed by atoms with Crippen LogP contribution >= 0.6 is 0 Å². The number of nitrogens with zero attached hydrogens (tertiary/aromatic N) is 1. The Morgan fingerprint density at radius 3 is 1.72 bits per heavy atom. The van der Waals surface area contributed by atoms with E-state index in [-0.39, 0.29) is 44.3 Å². The van der Waals surface area contributed by atoms with Crippen molar-refractivity contribution in [1.29, 1.82) is 0 Å². The third-order valence-corrected chi connectivity index (χ3v) is 4.37. The number of hydrogen-bond acceptors (Lipinski definition) is 2. The van der Waals surface area contributed by atoms with Gasteiger partial charge in [-0.15, -0.1) is 27.3 Å². The Hall–Kier alpha value is -0.766. The van der Waals surface area contributed by atoms with E-state index in [9.17, 15) is 10.0 Å². The summed E-state index contributed by atoms with van der Waals surface area (Å²) in [5.74, 6) is -1.68. The van der Waals surface area contributed by atoms with Crippen molar-refractivity contribution in [3.05, 3.63) is 5.56 Å². The highest BCUT2D eigenvalue weighted by molar-refractivity contribution is 6.68. The van der Waals surface area contributed by atoms with Crippen molar-refractivity contribution in [1.82, 2.24) is 5.06 Å². The molecule has 1 amide bonds. The second kappa shape index (κ2) is 7.46. The van der Waals surface area contributed by atoms with Crippen molar-refractivity contribution in [2.45, 2.75) is 31.3 Å². The van der Waals surface area contributed by atoms with E-state index in [1.807, 2.05) is 0 Å². The van der Waals surface area contributed by atoms with Crippen molar-refractivity contribution >= 4 is 104 Å². The molecule has 106 valence electrons. The molecular formula is C13H10B9NO2. The average Bonchev–Trinajstić information content (AvgIpc) is 2.55. The third kappa shape index (κ3) is 3.70. The molecule has 0 bridgehead atoms. The van der Waals surface area contributed by atoms with Crippen LogP contribution in [0.3, 0.4) is 0 Å². The highest BCUT2D eigenvalue weighted by Crippen LogP contribution is 2.35. The van der Waals surface area contributed by atoms with Gasteiger partial charge in [0.25, 0.3) is 0 Å². The summed E-state index contributed by atoms with van der Waals surface area (Å²) in [7, 11) is 52.2. The molecule has 0 saturated heterocycles. The van der Waals surface area contributed by atoms with Gasteiger partial charge in [-0.25, -0.2) is 5.06 Å². The van der Waals surface area contributed by atoms with E-state index >= 15 is 0 Å². The molecule has 1 atom stereocenters. The Bertz CT molecular complexity index is 664. The number of amides is 1. The smallest absolute Gasteiger partial charge is 0.250 e. The van der Waals surface area contributed by atoms with Gasteiger partial charge in [-0.1, -0.05) is 31.5 Å². The van der Waals surface area contributed by atoms with Crippen LogP contribution in [0.25, 0.3) is 0 Å². The molecule has 1 unspecified atom stereocenters. The molecule has 1 rings (SSSR count). The summed E-state index contributed by atoms with van der Waals surface area (Å²) in [6, 6.07) is 0. The maximum Gasteiger partial charge on any atom is 0.250 e. The normalized spacial score (nSPS) is 13.4. The van der Waals surface area contributed by atoms with Crippen LogP contribution in [-0.4, -0.2) is 86.8 Å². The molecule has 1 aromatic carbocycles. The van der Waals surface area contributed by atoms with Crippen LogP contribution in [-0.2, 0) is 10.1 Å². The topological polar surface area (TPSA) is 40.5 Å². The number of carbonyl (C=O) groups is 1. The molecule has 0 spiro atoms. The fraction of sp³-hybridized carbons (Fsp3) is 0.462. The lowest BCUT2D eigenvalue weighted by molar-refractivity contribution is -0.184. The van der Waals surface area contributed by atoms with Gasteiger partial charge in [-0.2, -0.15) is 0 Å². The van der Waals surface area contributed by atoms with Gasteiger partial charge in [-0.05, 0) is 0 Å². The Morgan fingerprint density at radius 1 is 1.00 bits per heavy atom. The van der Waals surface area contributed by atoms with Gasteiger partial charge < -0.3 is 0 Å². The maximum absolute atomic E-state index is 12.7. The van der Waals surface area contributed by atoms with Crippen LogP contribution in [0.2, 0.25) is 12.1 Å². The largest absolute Gasteiger partial charge is 0.287 e. The molecule has 0 saturated carbocycles. The molecule has 0 aliphatic carbocycles. The minimum absolute atomic E-state index is 0.0131. The van der Waals surface area contributed by atoms with Crippen molar-refractivity contribution < 1.29 is 10.0 Å². The van der Waals surface area contributed by atoms with E-state index in [4.69, 9.17) is 70.6 Å². The van der Waals surface area contributed by atoms with E-state index in [0.29, 0.717) is 0 Å². The fourth-order valence-electron chi connectivity index (χ4n) is 2.28. The average molecular weight is 310 g/mol. The SMILES string of the molecule is [B]CC([B])C(C)(C)C(=O)N(O)C([B])([B])c1c([B])c([B])c([B])c([B])c1[B]. The Labute approximate surface area is 161 Å². The highest BCUT2D eigenvalue weighted by Gasteiger charge is 2.42. The Morgan fingerprint density at radius 2 is 1.36 bits per heavy atom. The maximum atomic E-state index is 12.7. The van der Waals surface area contributed by atoms with E-state index < -0.39 is 22.5 Å². The van der Waals surface area contributed by atoms with Gasteiger partial charge >= 0.3 is 0 Å². The molecule has 0 aliphatic heterocycles. The zero-order valence-corrected chi connectivity index (χ0v) is 14.3. The predicted molar refractivity (Wildman–Crippen MR) is 109 cm³/mol. The van der Waals surface area contributed by atoms with Crippen LogP contribution in [0.1, 0.15) is 19.4 Å². The molecule has 0 aromatic heterocycles. The lowest BCUT2D eigenvalue weighted by atomic mass is 9.49. The zero-order chi connectivity index (χ0) is 19.9. The van der Waals surface area contributed by atoms with Crippen LogP contribution < -0.4 is 27.3 Å². The van der Waals surface area contributed by atoms with Gasteiger partial charge in [0.05, 0.1) is 15.7 Å². The number of hydrogen-bond donors (Lipinski definition) is 1. The van der Waals surface area contributed by atoms with Crippen LogP contribution in [0.4, 0.5) is 0 Å². The lowest BCUT2D eigenvalue weighted by Gasteiger charge is -2.44. The number of hydroxylamine groups is 2. The third-order valence-electron chi connectivity index (χ3n) is 4.37. The molecule has 0 fully saturated rings. The van der Waals surface area contributed by atoms with Gasteiger partial charge in [0, 0.05) is 10.8 Å². The first-order valence-electron chi connectivity index (χ1n) is 7.31. The standard InChI is InChI=1S/C13H10B9NO2/c1-12(2,4(15)3-14)11(24)23(25)13(21,22)5-6(16)8(18)10(20)9(19)7(5)17/h4,25H,3H2,1-2H3. The van der Waals surface area contributed by atoms with Crippen LogP contribution in [0.15, 0.2) is 0 Å². The van der Waals surface area contributed by atoms with E-state index in [0.717, 1.165) is 0 Å². The van der Waals surface area contributed by atoms with Crippen molar-refractivity contribution in [2.75, 3.05) is 0 Å². The molecular weight excluding hydrogens is 299 g/mol. The molecule has 12 heteroatoms. The predicted octanol–water partition coefficient (Wildman–Crippen LogP) is -5.11. The minimum Gasteiger partial charge on any atom is -0.287 e. The highest BCUT2D eigenvalue weighted by atomic mass is 16.5. The monoisotopic (exact) mass is 311 g/mol. The minimum atomic E-state index is -2.35. The summed E-state index contributed by atoms with van der Waals surface area (Å²) in [5, 5.41) is 8.12. The van der Waals surface area contributed by atoms with Crippen LogP contribution in [0.5, 0.6) is 0 Å². The fourth-order valence-corrected chi connectivity index (χ4v) is 2.28. The first-order chi connectivity index (χ1) is 11.2. The van der Waals surface area contributed by atoms with Gasteiger partial charge in [0.15, 0.2) is 0 Å². The van der Waals surface area contributed by atoms with Crippen LogP contribution in [0, 0.1) is 5.41 Å². The van der Waals surface area contributed by atoms with Gasteiger partial charge in [0.2, 0.25) is 5.91 Å². The molecule has 0 heterocycles. The van der Waals surface area contributed by atoms with E-state index in [1.54, 1.807) is 0 Å². The zero-order valence-electron chi connectivity index (χ0n) is 14.3. The summed E-state index contributed by atoms with van der Waals surface area (Å²) < 4.78 is 0. The van der Waals surface area contributed by atoms with Crippen molar-refractivity contribution in [2.24, 2.45) is 5.41 Å². The quantitative estimate of drug-likeness (QED) is 0.336. The summed E-state index contributed by atoms with van der Waals surface area (Å²) in [5.41, 5.74) is -2.26. The number of rotatable bonds is 5. The number of benzene rings is 1. The first kappa shape index (κ1) is 22.3. The summed E-state index contributed by atoms with van der Waals surface area (Å²) in [4.78, 5) is 12.7. The van der Waals surface area contributed by atoms with Crippen molar-refractivity contribution in [3.8, 4) is 0 Å². The Kier molecular flexibility index (Phi) is 6.65. The summed E-state index contributed by atoms with van der Waals surface area (Å²) >= 11 is 0. The molecule has 25 heavy (non-hydrogen) atoms. The summed E-state index contributed by atoms with van der Waals surface area (Å²) in [6.07, 6.45) is -0.0131. The first-order valence-corrected chi connectivity index (χ1v) is 7.31. The summed E-state index contributed by atoms with van der Waals surface area (Å²) in [6.45, 7) is 2.95. The van der Waals surface area contributed by atoms with Gasteiger partial charge in [0.1, 0.15) is 54.9 Å². The van der Waals surface area contributed by atoms with E-state index in [1.165, 1.54) is 13.8 Å². The molecule has 3 nitrogen and oxygen atoms in total. The molecule has 0 aliphatic rings. The second-order valence-electron chi connectivity index (χ2n) is 6.45. The molecule has 18 radical (unpaired) electrons. The lowest BCUT2D eigenvalue weighted by Crippen LogP contribution is -2.64. The van der Waals surface area contributed by atoms with E-state index in [2.05, 4.69) is 0 Å². The second-order valence-corrected chi connectivity index (χ2v) is 6.45. The number of carbonyl (C=O) groups excluding carboxylic acids is 1. The van der Waals surface area contributed by atoms with Crippen molar-refractivity contribution in [3.63, 3.8) is 0 Å². The molecule has 1 N–H and O–H groups in total. The van der Waals surface area contributed by atoms with Gasteiger partial charge in [-0.3, -0.25) is 10.0 Å².